The van der Waals surface area contributed by atoms with E-state index < -0.39 is 6.03 Å². The summed E-state index contributed by atoms with van der Waals surface area (Å²) >= 11 is 6.21. The quantitative estimate of drug-likeness (QED) is 0.716. The number of rotatable bonds is 4. The third-order valence-electron chi connectivity index (χ3n) is 2.94. The molecule has 1 atom stereocenters. The highest BCUT2D eigenvalue weighted by molar-refractivity contribution is 6.31. The minimum Gasteiger partial charge on any atom is -0.379 e. The number of nitrogens with zero attached hydrogens (tertiary/aromatic N) is 1. The first-order valence-corrected chi connectivity index (χ1v) is 6.43. The Labute approximate surface area is 116 Å². The Morgan fingerprint density at radius 3 is 2.68 bits per heavy atom. The predicted octanol–water partition coefficient (Wildman–Crippen LogP) is 0.844. The van der Waals surface area contributed by atoms with Gasteiger partial charge in [0.05, 0.1) is 13.2 Å². The molecule has 0 radical (unpaired) electrons. The predicted molar refractivity (Wildman–Crippen MR) is 72.4 cm³/mol. The van der Waals surface area contributed by atoms with Gasteiger partial charge in [-0.15, -0.1) is 0 Å². The number of primary amides is 1. The van der Waals surface area contributed by atoms with Gasteiger partial charge in [-0.2, -0.15) is 0 Å². The SMILES string of the molecule is NC(=O)NNC(c1ccccc1Cl)N1CCOCC1. The zero-order valence-corrected chi connectivity index (χ0v) is 11.2. The second-order valence-electron chi connectivity index (χ2n) is 4.21. The third-order valence-corrected chi connectivity index (χ3v) is 3.29. The van der Waals surface area contributed by atoms with E-state index in [-0.39, 0.29) is 6.17 Å². The molecule has 2 rings (SSSR count). The number of carbonyl (C=O) groups is 1. The van der Waals surface area contributed by atoms with Crippen molar-refractivity contribution in [2.75, 3.05) is 26.3 Å². The molecule has 1 unspecified atom stereocenters. The van der Waals surface area contributed by atoms with Gasteiger partial charge in [0.25, 0.3) is 0 Å². The van der Waals surface area contributed by atoms with Crippen LogP contribution in [0.1, 0.15) is 11.7 Å². The maximum Gasteiger partial charge on any atom is 0.326 e. The van der Waals surface area contributed by atoms with Crippen LogP contribution in [0.5, 0.6) is 0 Å². The van der Waals surface area contributed by atoms with Gasteiger partial charge in [-0.3, -0.25) is 10.3 Å². The van der Waals surface area contributed by atoms with Crippen LogP contribution in [0.15, 0.2) is 24.3 Å². The Morgan fingerprint density at radius 1 is 1.37 bits per heavy atom. The summed E-state index contributed by atoms with van der Waals surface area (Å²) in [6.45, 7) is 2.81. The molecule has 6 nitrogen and oxygen atoms in total. The monoisotopic (exact) mass is 284 g/mol. The molecule has 2 amide bonds. The number of hydrazine groups is 1. The van der Waals surface area contributed by atoms with Crippen molar-refractivity contribution in [2.24, 2.45) is 5.73 Å². The van der Waals surface area contributed by atoms with E-state index >= 15 is 0 Å². The van der Waals surface area contributed by atoms with E-state index in [1.165, 1.54) is 0 Å². The number of morpholine rings is 1. The highest BCUT2D eigenvalue weighted by Gasteiger charge is 2.24. The van der Waals surface area contributed by atoms with Crippen molar-refractivity contribution in [3.05, 3.63) is 34.9 Å². The molecule has 1 heterocycles. The Balaban J connectivity index is 2.17. The van der Waals surface area contributed by atoms with Crippen molar-refractivity contribution in [3.8, 4) is 0 Å². The number of ether oxygens (including phenoxy) is 1. The van der Waals surface area contributed by atoms with E-state index in [0.717, 1.165) is 18.7 Å². The molecular formula is C12H17ClN4O2. The summed E-state index contributed by atoms with van der Waals surface area (Å²) in [5, 5.41) is 0.637. The number of hydrogen-bond donors (Lipinski definition) is 3. The lowest BCUT2D eigenvalue weighted by Gasteiger charge is -2.35. The molecule has 4 N–H and O–H groups in total. The van der Waals surface area contributed by atoms with Crippen LogP contribution in [0, 0.1) is 0 Å². The number of nitrogens with two attached hydrogens (primary N) is 1. The number of carbonyl (C=O) groups excluding carboxylic acids is 1. The molecule has 1 fully saturated rings. The summed E-state index contributed by atoms with van der Waals surface area (Å²) in [5.74, 6) is 0. The molecule has 0 spiro atoms. The van der Waals surface area contributed by atoms with Crippen LogP contribution >= 0.6 is 11.6 Å². The van der Waals surface area contributed by atoms with Crippen molar-refractivity contribution >= 4 is 17.6 Å². The fourth-order valence-corrected chi connectivity index (χ4v) is 2.28. The van der Waals surface area contributed by atoms with Gasteiger partial charge in [-0.05, 0) is 6.07 Å². The largest absolute Gasteiger partial charge is 0.379 e. The summed E-state index contributed by atoms with van der Waals surface area (Å²) in [7, 11) is 0. The van der Waals surface area contributed by atoms with Crippen molar-refractivity contribution in [3.63, 3.8) is 0 Å². The second-order valence-corrected chi connectivity index (χ2v) is 4.61. The Kier molecular flexibility index (Phi) is 4.98. The summed E-state index contributed by atoms with van der Waals surface area (Å²) in [4.78, 5) is 13.0. The Morgan fingerprint density at radius 2 is 2.05 bits per heavy atom. The fourth-order valence-electron chi connectivity index (χ4n) is 2.04. The first kappa shape index (κ1) is 14.1. The van der Waals surface area contributed by atoms with Gasteiger partial charge >= 0.3 is 6.03 Å². The zero-order chi connectivity index (χ0) is 13.7. The lowest BCUT2D eigenvalue weighted by atomic mass is 10.1. The number of benzene rings is 1. The fraction of sp³-hybridized carbons (Fsp3) is 0.417. The molecule has 0 aromatic heterocycles. The van der Waals surface area contributed by atoms with E-state index in [1.54, 1.807) is 0 Å². The van der Waals surface area contributed by atoms with Crippen LogP contribution in [-0.2, 0) is 4.74 Å². The van der Waals surface area contributed by atoms with Crippen molar-refractivity contribution in [1.82, 2.24) is 15.8 Å². The Bertz CT molecular complexity index is 437. The van der Waals surface area contributed by atoms with E-state index in [2.05, 4.69) is 15.8 Å². The van der Waals surface area contributed by atoms with Crippen molar-refractivity contribution < 1.29 is 9.53 Å². The summed E-state index contributed by atoms with van der Waals surface area (Å²) in [6, 6.07) is 6.86. The van der Waals surface area contributed by atoms with Crippen molar-refractivity contribution in [1.29, 1.82) is 0 Å². The van der Waals surface area contributed by atoms with Gasteiger partial charge in [0, 0.05) is 23.7 Å². The van der Waals surface area contributed by atoms with Gasteiger partial charge in [-0.25, -0.2) is 10.2 Å². The molecule has 104 valence electrons. The lowest BCUT2D eigenvalue weighted by Crippen LogP contribution is -2.51. The first-order valence-electron chi connectivity index (χ1n) is 6.05. The molecule has 0 saturated carbocycles. The smallest absolute Gasteiger partial charge is 0.326 e. The number of nitrogens with one attached hydrogen (secondary N) is 2. The average Bonchev–Trinajstić information content (AvgIpc) is 2.42. The van der Waals surface area contributed by atoms with Crippen LogP contribution < -0.4 is 16.6 Å². The summed E-state index contributed by atoms with van der Waals surface area (Å²) in [6.07, 6.45) is -0.231. The number of amides is 2. The van der Waals surface area contributed by atoms with Gasteiger partial charge in [-0.1, -0.05) is 29.8 Å². The first-order chi connectivity index (χ1) is 9.18. The molecule has 1 aliphatic heterocycles. The summed E-state index contributed by atoms with van der Waals surface area (Å²) < 4.78 is 5.33. The van der Waals surface area contributed by atoms with Crippen LogP contribution in [-0.4, -0.2) is 37.2 Å². The van der Waals surface area contributed by atoms with E-state index in [0.29, 0.717) is 18.2 Å². The van der Waals surface area contributed by atoms with Gasteiger partial charge in [0.1, 0.15) is 6.17 Å². The maximum atomic E-state index is 10.9. The molecular weight excluding hydrogens is 268 g/mol. The van der Waals surface area contributed by atoms with Gasteiger partial charge in [0.15, 0.2) is 0 Å². The minimum atomic E-state index is -0.634. The summed E-state index contributed by atoms with van der Waals surface area (Å²) in [5.41, 5.74) is 11.3. The molecule has 0 bridgehead atoms. The lowest BCUT2D eigenvalue weighted by molar-refractivity contribution is 0.00573. The van der Waals surface area contributed by atoms with E-state index in [4.69, 9.17) is 22.1 Å². The highest BCUT2D eigenvalue weighted by Crippen LogP contribution is 2.25. The molecule has 1 saturated heterocycles. The molecule has 19 heavy (non-hydrogen) atoms. The van der Waals surface area contributed by atoms with E-state index in [1.807, 2.05) is 24.3 Å². The molecule has 1 aromatic rings. The zero-order valence-electron chi connectivity index (χ0n) is 10.4. The maximum absolute atomic E-state index is 10.9. The second kappa shape index (κ2) is 6.72. The molecule has 7 heteroatoms. The number of halogens is 1. The molecule has 1 aromatic carbocycles. The number of hydrogen-bond acceptors (Lipinski definition) is 4. The van der Waals surface area contributed by atoms with Gasteiger partial charge < -0.3 is 10.5 Å². The van der Waals surface area contributed by atoms with Gasteiger partial charge in [0.2, 0.25) is 0 Å². The third kappa shape index (κ3) is 3.81. The number of urea groups is 1. The normalized spacial score (nSPS) is 17.9. The average molecular weight is 285 g/mol. The van der Waals surface area contributed by atoms with Crippen molar-refractivity contribution in [2.45, 2.75) is 6.17 Å². The standard InChI is InChI=1S/C12H17ClN4O2/c13-10-4-2-1-3-9(10)11(15-16-12(14)18)17-5-7-19-8-6-17/h1-4,11,15H,5-8H2,(H3,14,16,18). The van der Waals surface area contributed by atoms with E-state index in [9.17, 15) is 4.79 Å². The van der Waals surface area contributed by atoms with Crippen LogP contribution in [0.2, 0.25) is 5.02 Å². The van der Waals surface area contributed by atoms with Crippen LogP contribution in [0.4, 0.5) is 4.79 Å². The minimum absolute atomic E-state index is 0.231. The topological polar surface area (TPSA) is 79.6 Å². The Hall–Kier alpha value is -1.34. The van der Waals surface area contributed by atoms with Crippen LogP contribution in [0.25, 0.3) is 0 Å². The highest BCUT2D eigenvalue weighted by atomic mass is 35.5. The van der Waals surface area contributed by atoms with Crippen LogP contribution in [0.3, 0.4) is 0 Å². The molecule has 0 aliphatic carbocycles. The molecule has 1 aliphatic rings.